The maximum absolute atomic E-state index is 8.76. The van der Waals surface area contributed by atoms with Crippen LogP contribution in [-0.4, -0.2) is 21.1 Å². The zero-order valence-electron chi connectivity index (χ0n) is 10.5. The SMILES string of the molecule is CCC(=NO)c1noc(COc2ccc(Cl)cc2Cl)n1. The van der Waals surface area contributed by atoms with Crippen molar-refractivity contribution in [2.45, 2.75) is 20.0 Å². The first kappa shape index (κ1) is 14.6. The number of hydrogen-bond acceptors (Lipinski definition) is 6. The van der Waals surface area contributed by atoms with Crippen LogP contribution in [0.3, 0.4) is 0 Å². The molecule has 0 fully saturated rings. The summed E-state index contributed by atoms with van der Waals surface area (Å²) < 4.78 is 10.4. The van der Waals surface area contributed by atoms with Crippen molar-refractivity contribution in [2.75, 3.05) is 0 Å². The summed E-state index contributed by atoms with van der Waals surface area (Å²) in [5, 5.41) is 16.5. The molecule has 8 heteroatoms. The van der Waals surface area contributed by atoms with Crippen molar-refractivity contribution in [1.29, 1.82) is 0 Å². The van der Waals surface area contributed by atoms with E-state index in [9.17, 15) is 0 Å². The van der Waals surface area contributed by atoms with Gasteiger partial charge in [0.25, 0.3) is 5.89 Å². The Bertz CT molecular complexity index is 628. The Morgan fingerprint density at radius 2 is 2.25 bits per heavy atom. The second-order valence-corrected chi connectivity index (χ2v) is 4.62. The number of nitrogens with zero attached hydrogens (tertiary/aromatic N) is 3. The van der Waals surface area contributed by atoms with Gasteiger partial charge in [0.15, 0.2) is 6.61 Å². The van der Waals surface area contributed by atoms with Crippen LogP contribution in [0, 0.1) is 0 Å². The number of benzene rings is 1. The maximum atomic E-state index is 8.76. The van der Waals surface area contributed by atoms with Gasteiger partial charge in [-0.15, -0.1) is 0 Å². The molecule has 1 aromatic carbocycles. The lowest BCUT2D eigenvalue weighted by atomic mass is 10.3. The Morgan fingerprint density at radius 1 is 1.45 bits per heavy atom. The molecule has 1 aromatic heterocycles. The second kappa shape index (κ2) is 6.58. The van der Waals surface area contributed by atoms with Crippen LogP contribution in [0.5, 0.6) is 5.75 Å². The van der Waals surface area contributed by atoms with Gasteiger partial charge in [0.05, 0.1) is 5.02 Å². The molecular formula is C12H11Cl2N3O3. The predicted molar refractivity (Wildman–Crippen MR) is 73.7 cm³/mol. The van der Waals surface area contributed by atoms with Crippen molar-refractivity contribution >= 4 is 28.9 Å². The fourth-order valence-corrected chi connectivity index (χ4v) is 1.90. The lowest BCUT2D eigenvalue weighted by molar-refractivity contribution is 0.243. The molecular weight excluding hydrogens is 305 g/mol. The van der Waals surface area contributed by atoms with Gasteiger partial charge in [-0.1, -0.05) is 40.4 Å². The third-order valence-corrected chi connectivity index (χ3v) is 2.96. The first-order valence-electron chi connectivity index (χ1n) is 5.75. The third kappa shape index (κ3) is 3.40. The Balaban J connectivity index is 2.04. The molecule has 0 radical (unpaired) electrons. The van der Waals surface area contributed by atoms with E-state index >= 15 is 0 Å². The molecule has 2 rings (SSSR count). The molecule has 0 saturated heterocycles. The van der Waals surface area contributed by atoms with Crippen LogP contribution >= 0.6 is 23.2 Å². The van der Waals surface area contributed by atoms with Crippen LogP contribution in [0.4, 0.5) is 0 Å². The zero-order valence-corrected chi connectivity index (χ0v) is 12.0. The number of aromatic nitrogens is 2. The van der Waals surface area contributed by atoms with E-state index in [0.717, 1.165) is 0 Å². The summed E-state index contributed by atoms with van der Waals surface area (Å²) in [6, 6.07) is 4.88. The van der Waals surface area contributed by atoms with E-state index in [0.29, 0.717) is 27.9 Å². The van der Waals surface area contributed by atoms with E-state index in [-0.39, 0.29) is 18.3 Å². The van der Waals surface area contributed by atoms with Gasteiger partial charge in [-0.25, -0.2) is 0 Å². The van der Waals surface area contributed by atoms with E-state index in [1.165, 1.54) is 0 Å². The molecule has 0 aliphatic carbocycles. The van der Waals surface area contributed by atoms with Crippen molar-refractivity contribution in [3.05, 3.63) is 40.0 Å². The summed E-state index contributed by atoms with van der Waals surface area (Å²) in [4.78, 5) is 4.05. The van der Waals surface area contributed by atoms with E-state index in [1.807, 2.05) is 6.92 Å². The van der Waals surface area contributed by atoms with Crippen molar-refractivity contribution in [2.24, 2.45) is 5.16 Å². The van der Waals surface area contributed by atoms with Gasteiger partial charge in [-0.3, -0.25) is 0 Å². The number of ether oxygens (including phenoxy) is 1. The smallest absolute Gasteiger partial charge is 0.264 e. The summed E-state index contributed by atoms with van der Waals surface area (Å²) in [6.45, 7) is 1.87. The zero-order chi connectivity index (χ0) is 14.5. The number of hydrogen-bond donors (Lipinski definition) is 1. The first-order chi connectivity index (χ1) is 9.63. The lowest BCUT2D eigenvalue weighted by Crippen LogP contribution is -2.02. The Hall–Kier alpha value is -1.79. The average molecular weight is 316 g/mol. The van der Waals surface area contributed by atoms with Gasteiger partial charge in [0.2, 0.25) is 5.82 Å². The van der Waals surface area contributed by atoms with E-state index in [2.05, 4.69) is 15.3 Å². The van der Waals surface area contributed by atoms with Gasteiger partial charge in [-0.2, -0.15) is 4.98 Å². The fraction of sp³-hybridized carbons (Fsp3) is 0.250. The van der Waals surface area contributed by atoms with Crippen LogP contribution in [-0.2, 0) is 6.61 Å². The maximum Gasteiger partial charge on any atom is 0.264 e. The summed E-state index contributed by atoms with van der Waals surface area (Å²) in [6.07, 6.45) is 0.485. The predicted octanol–water partition coefficient (Wildman–Crippen LogP) is 3.54. The van der Waals surface area contributed by atoms with Crippen LogP contribution in [0.25, 0.3) is 0 Å². The Kier molecular flexibility index (Phi) is 4.81. The van der Waals surface area contributed by atoms with Gasteiger partial charge >= 0.3 is 0 Å². The molecule has 0 spiro atoms. The number of halogens is 2. The van der Waals surface area contributed by atoms with Crippen LogP contribution < -0.4 is 4.74 Å². The van der Waals surface area contributed by atoms with Crippen LogP contribution in [0.15, 0.2) is 27.9 Å². The molecule has 0 saturated carbocycles. The molecule has 6 nitrogen and oxygen atoms in total. The standard InChI is InChI=1S/C12H11Cl2N3O3/c1-2-9(16-18)12-15-11(20-17-12)6-19-10-4-3-7(13)5-8(10)14/h3-5,18H,2,6H2,1H3. The summed E-state index contributed by atoms with van der Waals surface area (Å²) in [5.41, 5.74) is 0.338. The monoisotopic (exact) mass is 315 g/mol. The molecule has 0 bridgehead atoms. The van der Waals surface area contributed by atoms with E-state index in [1.54, 1.807) is 18.2 Å². The molecule has 0 atom stereocenters. The van der Waals surface area contributed by atoms with Crippen LogP contribution in [0.2, 0.25) is 10.0 Å². The summed E-state index contributed by atoms with van der Waals surface area (Å²) >= 11 is 11.8. The normalized spacial score (nSPS) is 11.7. The highest BCUT2D eigenvalue weighted by Gasteiger charge is 2.12. The molecule has 0 unspecified atom stereocenters. The van der Waals surface area contributed by atoms with Gasteiger partial charge in [0.1, 0.15) is 11.5 Å². The topological polar surface area (TPSA) is 80.7 Å². The van der Waals surface area contributed by atoms with E-state index < -0.39 is 0 Å². The highest BCUT2D eigenvalue weighted by Crippen LogP contribution is 2.28. The molecule has 1 N–H and O–H groups in total. The van der Waals surface area contributed by atoms with E-state index in [4.69, 9.17) is 37.7 Å². The minimum absolute atomic E-state index is 0.0524. The van der Waals surface area contributed by atoms with Gasteiger partial charge < -0.3 is 14.5 Å². The average Bonchev–Trinajstić information content (AvgIpc) is 2.88. The minimum atomic E-state index is 0.0524. The minimum Gasteiger partial charge on any atom is -0.482 e. The van der Waals surface area contributed by atoms with Crippen molar-refractivity contribution in [3.63, 3.8) is 0 Å². The molecule has 0 amide bonds. The summed E-state index contributed by atoms with van der Waals surface area (Å²) in [5.74, 6) is 0.943. The largest absolute Gasteiger partial charge is 0.482 e. The molecule has 0 aliphatic rings. The molecule has 0 aliphatic heterocycles. The first-order valence-corrected chi connectivity index (χ1v) is 6.51. The second-order valence-electron chi connectivity index (χ2n) is 3.78. The van der Waals surface area contributed by atoms with Gasteiger partial charge in [0, 0.05) is 5.02 Å². The van der Waals surface area contributed by atoms with Crippen molar-refractivity contribution < 1.29 is 14.5 Å². The highest BCUT2D eigenvalue weighted by atomic mass is 35.5. The number of rotatable bonds is 5. The lowest BCUT2D eigenvalue weighted by Gasteiger charge is -2.05. The third-order valence-electron chi connectivity index (χ3n) is 2.43. The van der Waals surface area contributed by atoms with Gasteiger partial charge in [-0.05, 0) is 24.6 Å². The molecule has 20 heavy (non-hydrogen) atoms. The molecule has 106 valence electrons. The Morgan fingerprint density at radius 3 is 2.90 bits per heavy atom. The molecule has 2 aromatic rings. The van der Waals surface area contributed by atoms with Crippen molar-refractivity contribution in [1.82, 2.24) is 10.1 Å². The highest BCUT2D eigenvalue weighted by molar-refractivity contribution is 6.35. The number of oxime groups is 1. The fourth-order valence-electron chi connectivity index (χ4n) is 1.44. The quantitative estimate of drug-likeness (QED) is 0.518. The van der Waals surface area contributed by atoms with Crippen molar-refractivity contribution in [3.8, 4) is 5.75 Å². The van der Waals surface area contributed by atoms with Crippen LogP contribution in [0.1, 0.15) is 25.1 Å². The molecule has 1 heterocycles. The Labute approximate surface area is 124 Å². The summed E-state index contributed by atoms with van der Waals surface area (Å²) in [7, 11) is 0.